The second-order valence-corrected chi connectivity index (χ2v) is 6.85. The van der Waals surface area contributed by atoms with E-state index in [9.17, 15) is 13.2 Å². The molecule has 2 N–H and O–H groups in total. The first-order chi connectivity index (χ1) is 9.90. The van der Waals surface area contributed by atoms with Gasteiger partial charge in [0, 0.05) is 19.3 Å². The molecule has 0 saturated carbocycles. The van der Waals surface area contributed by atoms with E-state index < -0.39 is 22.2 Å². The molecule has 0 radical (unpaired) electrons. The van der Waals surface area contributed by atoms with E-state index >= 15 is 0 Å². The van der Waals surface area contributed by atoms with Gasteiger partial charge in [-0.2, -0.15) is 17.8 Å². The molecule has 9 heteroatoms. The topological polar surface area (TPSA) is 105 Å². The lowest BCUT2D eigenvalue weighted by molar-refractivity contribution is -0.142. The van der Waals surface area contributed by atoms with Crippen LogP contribution < -0.4 is 4.72 Å². The van der Waals surface area contributed by atoms with Crippen LogP contribution in [0.4, 0.5) is 0 Å². The van der Waals surface area contributed by atoms with Gasteiger partial charge in [0.25, 0.3) is 10.2 Å². The first kappa shape index (κ1) is 15.9. The van der Waals surface area contributed by atoms with E-state index in [4.69, 9.17) is 5.11 Å². The molecule has 1 aliphatic rings. The van der Waals surface area contributed by atoms with Crippen LogP contribution in [-0.4, -0.2) is 52.7 Å². The van der Waals surface area contributed by atoms with Crippen LogP contribution in [0.2, 0.25) is 0 Å². The number of aromatic nitrogens is 2. The van der Waals surface area contributed by atoms with E-state index in [0.29, 0.717) is 19.4 Å². The van der Waals surface area contributed by atoms with Crippen LogP contribution >= 0.6 is 0 Å². The lowest BCUT2D eigenvalue weighted by Gasteiger charge is -2.31. The Morgan fingerprint density at radius 3 is 2.90 bits per heavy atom. The van der Waals surface area contributed by atoms with Crippen molar-refractivity contribution in [3.63, 3.8) is 0 Å². The van der Waals surface area contributed by atoms with Crippen LogP contribution in [0.5, 0.6) is 0 Å². The molecule has 0 aliphatic carbocycles. The molecule has 0 amide bonds. The minimum Gasteiger partial charge on any atom is -0.480 e. The fourth-order valence-electron chi connectivity index (χ4n) is 2.40. The highest BCUT2D eigenvalue weighted by Gasteiger charge is 2.36. The smallest absolute Gasteiger partial charge is 0.322 e. The average molecular weight is 316 g/mol. The van der Waals surface area contributed by atoms with Crippen molar-refractivity contribution >= 4 is 16.2 Å². The summed E-state index contributed by atoms with van der Waals surface area (Å²) in [6, 6.07) is -0.969. The molecule has 1 aromatic heterocycles. The van der Waals surface area contributed by atoms with Gasteiger partial charge in [-0.25, -0.2) is 4.72 Å². The fraction of sp³-hybridized carbons (Fsp3) is 0.667. The summed E-state index contributed by atoms with van der Waals surface area (Å²) in [6.07, 6.45) is 5.28. The van der Waals surface area contributed by atoms with Gasteiger partial charge in [0.2, 0.25) is 0 Å². The van der Waals surface area contributed by atoms with Crippen molar-refractivity contribution in [2.45, 2.75) is 38.8 Å². The van der Waals surface area contributed by atoms with Gasteiger partial charge in [-0.05, 0) is 31.7 Å². The summed E-state index contributed by atoms with van der Waals surface area (Å²) in [4.78, 5) is 11.2. The SMILES string of the molecule is Cc1cnn(CCNS(=O)(=O)N2CCCCC2C(=O)O)c1. The first-order valence-electron chi connectivity index (χ1n) is 6.88. The highest BCUT2D eigenvalue weighted by Crippen LogP contribution is 2.19. The quantitative estimate of drug-likeness (QED) is 0.766. The Hall–Kier alpha value is -1.45. The normalized spacial score (nSPS) is 20.5. The maximum Gasteiger partial charge on any atom is 0.322 e. The van der Waals surface area contributed by atoms with Crippen molar-refractivity contribution in [1.82, 2.24) is 18.8 Å². The number of carboxylic acids is 1. The number of rotatable bonds is 6. The highest BCUT2D eigenvalue weighted by atomic mass is 32.2. The molecule has 1 fully saturated rings. The Kier molecular flexibility index (Phi) is 4.96. The average Bonchev–Trinajstić information content (AvgIpc) is 2.84. The van der Waals surface area contributed by atoms with Gasteiger partial charge in [-0.1, -0.05) is 0 Å². The summed E-state index contributed by atoms with van der Waals surface area (Å²) >= 11 is 0. The Labute approximate surface area is 123 Å². The van der Waals surface area contributed by atoms with E-state index in [2.05, 4.69) is 9.82 Å². The maximum atomic E-state index is 12.2. The molecule has 2 heterocycles. The Balaban J connectivity index is 1.95. The van der Waals surface area contributed by atoms with E-state index in [1.165, 1.54) is 0 Å². The van der Waals surface area contributed by atoms with Crippen molar-refractivity contribution in [2.75, 3.05) is 13.1 Å². The van der Waals surface area contributed by atoms with Crippen molar-refractivity contribution in [1.29, 1.82) is 0 Å². The fourth-order valence-corrected chi connectivity index (χ4v) is 3.82. The van der Waals surface area contributed by atoms with Crippen LogP contribution in [0, 0.1) is 6.92 Å². The minimum absolute atomic E-state index is 0.173. The molecule has 2 rings (SSSR count). The molecular formula is C12H20N4O4S. The van der Waals surface area contributed by atoms with Crippen LogP contribution in [0.15, 0.2) is 12.4 Å². The number of piperidine rings is 1. The van der Waals surface area contributed by atoms with Crippen LogP contribution in [-0.2, 0) is 21.5 Å². The Morgan fingerprint density at radius 2 is 2.29 bits per heavy atom. The molecule has 1 aromatic rings. The molecule has 0 spiro atoms. The lowest BCUT2D eigenvalue weighted by Crippen LogP contribution is -2.52. The summed E-state index contributed by atoms with van der Waals surface area (Å²) < 4.78 is 29.6. The third-order valence-corrected chi connectivity index (χ3v) is 5.06. The second kappa shape index (κ2) is 6.54. The molecule has 21 heavy (non-hydrogen) atoms. The van der Waals surface area contributed by atoms with Gasteiger partial charge in [0.1, 0.15) is 6.04 Å². The van der Waals surface area contributed by atoms with E-state index in [-0.39, 0.29) is 13.1 Å². The summed E-state index contributed by atoms with van der Waals surface area (Å²) in [7, 11) is -3.78. The number of nitrogens with one attached hydrogen (secondary N) is 1. The summed E-state index contributed by atoms with van der Waals surface area (Å²) in [5, 5.41) is 13.2. The van der Waals surface area contributed by atoms with Gasteiger partial charge >= 0.3 is 5.97 Å². The van der Waals surface area contributed by atoms with Crippen molar-refractivity contribution in [3.8, 4) is 0 Å². The van der Waals surface area contributed by atoms with Crippen LogP contribution in [0.25, 0.3) is 0 Å². The van der Waals surface area contributed by atoms with Gasteiger partial charge in [-0.3, -0.25) is 9.48 Å². The summed E-state index contributed by atoms with van der Waals surface area (Å²) in [6.45, 7) is 2.72. The van der Waals surface area contributed by atoms with Crippen LogP contribution in [0.3, 0.4) is 0 Å². The van der Waals surface area contributed by atoms with Gasteiger partial charge in [0.15, 0.2) is 0 Å². The highest BCUT2D eigenvalue weighted by molar-refractivity contribution is 7.87. The van der Waals surface area contributed by atoms with E-state index in [1.54, 1.807) is 10.9 Å². The van der Waals surface area contributed by atoms with Crippen molar-refractivity contribution < 1.29 is 18.3 Å². The van der Waals surface area contributed by atoms with Crippen LogP contribution in [0.1, 0.15) is 24.8 Å². The second-order valence-electron chi connectivity index (χ2n) is 5.14. The van der Waals surface area contributed by atoms with Crippen molar-refractivity contribution in [3.05, 3.63) is 18.0 Å². The number of carbonyl (C=O) groups is 1. The lowest BCUT2D eigenvalue weighted by atomic mass is 10.1. The number of carboxylic acid groups (broad SMARTS) is 1. The number of hydrogen-bond acceptors (Lipinski definition) is 4. The molecule has 8 nitrogen and oxygen atoms in total. The first-order valence-corrected chi connectivity index (χ1v) is 8.32. The maximum absolute atomic E-state index is 12.2. The largest absolute Gasteiger partial charge is 0.480 e. The minimum atomic E-state index is -3.78. The molecule has 0 aromatic carbocycles. The van der Waals surface area contributed by atoms with Crippen molar-refractivity contribution in [2.24, 2.45) is 0 Å². The summed E-state index contributed by atoms with van der Waals surface area (Å²) in [5.74, 6) is -1.09. The predicted molar refractivity (Wildman–Crippen MR) is 75.9 cm³/mol. The molecular weight excluding hydrogens is 296 g/mol. The third-order valence-electron chi connectivity index (χ3n) is 3.44. The number of aliphatic carboxylic acids is 1. The molecule has 1 saturated heterocycles. The third kappa shape index (κ3) is 4.02. The molecule has 1 unspecified atom stereocenters. The van der Waals surface area contributed by atoms with Gasteiger partial charge in [-0.15, -0.1) is 0 Å². The number of hydrogen-bond donors (Lipinski definition) is 2. The number of nitrogens with zero attached hydrogens (tertiary/aromatic N) is 3. The zero-order valence-electron chi connectivity index (χ0n) is 11.9. The Bertz CT molecular complexity index is 598. The monoisotopic (exact) mass is 316 g/mol. The van der Waals surface area contributed by atoms with E-state index in [0.717, 1.165) is 16.3 Å². The zero-order valence-corrected chi connectivity index (χ0v) is 12.7. The molecule has 1 atom stereocenters. The van der Waals surface area contributed by atoms with E-state index in [1.807, 2.05) is 13.1 Å². The van der Waals surface area contributed by atoms with Gasteiger partial charge < -0.3 is 5.11 Å². The number of aryl methyl sites for hydroxylation is 1. The van der Waals surface area contributed by atoms with Gasteiger partial charge in [0.05, 0.1) is 12.7 Å². The summed E-state index contributed by atoms with van der Waals surface area (Å²) in [5.41, 5.74) is 1.000. The molecule has 0 bridgehead atoms. The predicted octanol–water partition coefficient (Wildman–Crippen LogP) is -0.0350. The molecule has 118 valence electrons. The Morgan fingerprint density at radius 1 is 1.52 bits per heavy atom. The zero-order chi connectivity index (χ0) is 15.5. The molecule has 1 aliphatic heterocycles. The standard InChI is InChI=1S/C12H20N4O4S/c1-10-8-13-15(9-10)7-5-14-21(19,20)16-6-3-2-4-11(16)12(17)18/h8-9,11,14H,2-7H2,1H3,(H,17,18).